The van der Waals surface area contributed by atoms with Gasteiger partial charge in [-0.2, -0.15) is 0 Å². The molecule has 1 aromatic heterocycles. The van der Waals surface area contributed by atoms with E-state index in [1.54, 1.807) is 30.3 Å². The highest BCUT2D eigenvalue weighted by Gasteiger charge is 2.03. The van der Waals surface area contributed by atoms with E-state index in [-0.39, 0.29) is 11.8 Å². The van der Waals surface area contributed by atoms with E-state index in [1.807, 2.05) is 0 Å². The maximum absolute atomic E-state index is 13.0. The van der Waals surface area contributed by atoms with Crippen LogP contribution < -0.4 is 15.4 Å². The lowest BCUT2D eigenvalue weighted by molar-refractivity contribution is 0.253. The van der Waals surface area contributed by atoms with E-state index < -0.39 is 0 Å². The van der Waals surface area contributed by atoms with Crippen LogP contribution in [0.1, 0.15) is 0 Å². The normalized spacial score (nSPS) is 9.76. The molecule has 0 saturated heterocycles. The molecule has 0 aliphatic heterocycles. The van der Waals surface area contributed by atoms with Crippen molar-refractivity contribution in [2.24, 2.45) is 0 Å². The molecule has 6 heteroatoms. The summed E-state index contributed by atoms with van der Waals surface area (Å²) in [6, 6.07) is 8.62. The van der Waals surface area contributed by atoms with E-state index in [4.69, 9.17) is 4.74 Å². The van der Waals surface area contributed by atoms with Crippen LogP contribution in [0.15, 0.2) is 55.3 Å². The van der Waals surface area contributed by atoms with Gasteiger partial charge in [0.25, 0.3) is 0 Å². The third-order valence-electron chi connectivity index (χ3n) is 2.42. The first-order valence-corrected chi connectivity index (χ1v) is 6.22. The lowest BCUT2D eigenvalue weighted by Gasteiger charge is -2.07. The van der Waals surface area contributed by atoms with Crippen molar-refractivity contribution in [3.05, 3.63) is 61.1 Å². The predicted molar refractivity (Wildman–Crippen MR) is 77.9 cm³/mol. The summed E-state index contributed by atoms with van der Waals surface area (Å²) >= 11 is 0. The Morgan fingerprint density at radius 2 is 2.24 bits per heavy atom. The maximum Gasteiger partial charge on any atom is 0.319 e. The second kappa shape index (κ2) is 7.04. The van der Waals surface area contributed by atoms with Gasteiger partial charge in [0.2, 0.25) is 5.88 Å². The molecule has 2 rings (SSSR count). The molecule has 0 aliphatic carbocycles. The van der Waals surface area contributed by atoms with Crippen molar-refractivity contribution in [1.82, 2.24) is 10.3 Å². The average Bonchev–Trinajstić information content (AvgIpc) is 2.47. The van der Waals surface area contributed by atoms with E-state index >= 15 is 0 Å². The number of anilines is 1. The standard InChI is InChI=1S/C15H14FN3O2/c1-2-8-17-15(20)19-12-6-7-14(18-10-12)21-13-5-3-4-11(16)9-13/h2-7,9-10H,1,8H2,(H2,17,19,20). The summed E-state index contributed by atoms with van der Waals surface area (Å²) in [5.41, 5.74) is 0.517. The first kappa shape index (κ1) is 14.5. The van der Waals surface area contributed by atoms with Gasteiger partial charge in [-0.25, -0.2) is 14.2 Å². The number of amides is 2. The van der Waals surface area contributed by atoms with Crippen molar-refractivity contribution < 1.29 is 13.9 Å². The van der Waals surface area contributed by atoms with Gasteiger partial charge >= 0.3 is 6.03 Å². The third kappa shape index (κ3) is 4.61. The van der Waals surface area contributed by atoms with Gasteiger partial charge in [0, 0.05) is 18.7 Å². The number of aromatic nitrogens is 1. The lowest BCUT2D eigenvalue weighted by atomic mass is 10.3. The van der Waals surface area contributed by atoms with Gasteiger partial charge < -0.3 is 15.4 Å². The van der Waals surface area contributed by atoms with Crippen LogP contribution in [-0.2, 0) is 0 Å². The van der Waals surface area contributed by atoms with Crippen LogP contribution >= 0.6 is 0 Å². The number of carbonyl (C=O) groups is 1. The highest BCUT2D eigenvalue weighted by Crippen LogP contribution is 2.20. The Bertz CT molecular complexity index is 629. The van der Waals surface area contributed by atoms with Crippen molar-refractivity contribution in [1.29, 1.82) is 0 Å². The highest BCUT2D eigenvalue weighted by atomic mass is 19.1. The van der Waals surface area contributed by atoms with Crippen molar-refractivity contribution in [2.75, 3.05) is 11.9 Å². The van der Waals surface area contributed by atoms with Crippen molar-refractivity contribution in [3.8, 4) is 11.6 Å². The molecule has 0 atom stereocenters. The van der Waals surface area contributed by atoms with Gasteiger partial charge in [0.05, 0.1) is 11.9 Å². The number of hydrogen-bond acceptors (Lipinski definition) is 3. The van der Waals surface area contributed by atoms with E-state index in [0.29, 0.717) is 23.9 Å². The summed E-state index contributed by atoms with van der Waals surface area (Å²) in [6.07, 6.45) is 3.02. The molecule has 2 amide bonds. The zero-order chi connectivity index (χ0) is 15.1. The molecule has 1 heterocycles. The molecule has 108 valence electrons. The molecule has 21 heavy (non-hydrogen) atoms. The lowest BCUT2D eigenvalue weighted by Crippen LogP contribution is -2.28. The number of halogens is 1. The Kier molecular flexibility index (Phi) is 4.87. The molecule has 2 N–H and O–H groups in total. The number of urea groups is 1. The van der Waals surface area contributed by atoms with E-state index in [1.165, 1.54) is 18.3 Å². The molecule has 0 radical (unpaired) electrons. The van der Waals surface area contributed by atoms with Crippen LogP contribution in [0.2, 0.25) is 0 Å². The van der Waals surface area contributed by atoms with Crippen LogP contribution in [0, 0.1) is 5.82 Å². The van der Waals surface area contributed by atoms with Crippen LogP contribution in [0.4, 0.5) is 14.9 Å². The number of rotatable bonds is 5. The Hall–Kier alpha value is -2.89. The Balaban J connectivity index is 1.95. The molecule has 2 aromatic rings. The smallest absolute Gasteiger partial charge is 0.319 e. The number of benzene rings is 1. The summed E-state index contributed by atoms with van der Waals surface area (Å²) < 4.78 is 18.4. The molecule has 0 aliphatic rings. The minimum atomic E-state index is -0.385. The summed E-state index contributed by atoms with van der Waals surface area (Å²) in [6.45, 7) is 3.87. The summed E-state index contributed by atoms with van der Waals surface area (Å²) in [7, 11) is 0. The van der Waals surface area contributed by atoms with Gasteiger partial charge in [-0.15, -0.1) is 6.58 Å². The third-order valence-corrected chi connectivity index (χ3v) is 2.42. The zero-order valence-corrected chi connectivity index (χ0v) is 11.2. The fourth-order valence-electron chi connectivity index (χ4n) is 1.51. The van der Waals surface area contributed by atoms with Crippen LogP contribution in [0.5, 0.6) is 11.6 Å². The van der Waals surface area contributed by atoms with Gasteiger partial charge in [0.15, 0.2) is 0 Å². The number of ether oxygens (including phenoxy) is 1. The molecular weight excluding hydrogens is 273 g/mol. The van der Waals surface area contributed by atoms with E-state index in [0.717, 1.165) is 0 Å². The van der Waals surface area contributed by atoms with Gasteiger partial charge in [0.1, 0.15) is 11.6 Å². The Labute approximate surface area is 121 Å². The summed E-state index contributed by atoms with van der Waals surface area (Å²) in [4.78, 5) is 15.4. The number of pyridine rings is 1. The molecule has 0 fully saturated rings. The minimum Gasteiger partial charge on any atom is -0.439 e. The summed E-state index contributed by atoms with van der Waals surface area (Å²) in [5, 5.41) is 5.17. The van der Waals surface area contributed by atoms with Crippen molar-refractivity contribution in [3.63, 3.8) is 0 Å². The number of carbonyl (C=O) groups excluding carboxylic acids is 1. The molecule has 0 bridgehead atoms. The average molecular weight is 287 g/mol. The zero-order valence-electron chi connectivity index (χ0n) is 11.2. The predicted octanol–water partition coefficient (Wildman–Crippen LogP) is 3.32. The summed E-state index contributed by atoms with van der Waals surface area (Å²) in [5.74, 6) is 0.272. The minimum absolute atomic E-state index is 0.303. The quantitative estimate of drug-likeness (QED) is 0.829. The maximum atomic E-state index is 13.0. The second-order valence-corrected chi connectivity index (χ2v) is 4.07. The number of nitrogens with one attached hydrogen (secondary N) is 2. The molecule has 1 aromatic carbocycles. The molecule has 5 nitrogen and oxygen atoms in total. The Morgan fingerprint density at radius 1 is 1.38 bits per heavy atom. The van der Waals surface area contributed by atoms with Gasteiger partial charge in [-0.1, -0.05) is 12.1 Å². The SMILES string of the molecule is C=CCNC(=O)Nc1ccc(Oc2cccc(F)c2)nc1. The fourth-order valence-corrected chi connectivity index (χ4v) is 1.51. The van der Waals surface area contributed by atoms with Crippen molar-refractivity contribution >= 4 is 11.7 Å². The number of hydrogen-bond donors (Lipinski definition) is 2. The van der Waals surface area contributed by atoms with Crippen LogP contribution in [-0.4, -0.2) is 17.6 Å². The fraction of sp³-hybridized carbons (Fsp3) is 0.0667. The molecule has 0 unspecified atom stereocenters. The monoisotopic (exact) mass is 287 g/mol. The van der Waals surface area contributed by atoms with Crippen LogP contribution in [0.25, 0.3) is 0 Å². The molecular formula is C15H14FN3O2. The topological polar surface area (TPSA) is 63.2 Å². The molecule has 0 spiro atoms. The number of nitrogens with zero attached hydrogens (tertiary/aromatic N) is 1. The largest absolute Gasteiger partial charge is 0.439 e. The van der Waals surface area contributed by atoms with E-state index in [9.17, 15) is 9.18 Å². The Morgan fingerprint density at radius 3 is 2.90 bits per heavy atom. The van der Waals surface area contributed by atoms with E-state index in [2.05, 4.69) is 22.2 Å². The second-order valence-electron chi connectivity index (χ2n) is 4.07. The van der Waals surface area contributed by atoms with Gasteiger partial charge in [-0.3, -0.25) is 0 Å². The first-order valence-electron chi connectivity index (χ1n) is 6.22. The highest BCUT2D eigenvalue weighted by molar-refractivity contribution is 5.89. The van der Waals surface area contributed by atoms with Crippen LogP contribution in [0.3, 0.4) is 0 Å². The molecule has 0 saturated carbocycles. The van der Waals surface area contributed by atoms with Crippen molar-refractivity contribution in [2.45, 2.75) is 0 Å². The first-order chi connectivity index (χ1) is 10.2. The van der Waals surface area contributed by atoms with Gasteiger partial charge in [-0.05, 0) is 18.2 Å².